The second-order valence-corrected chi connectivity index (χ2v) is 13.1. The van der Waals surface area contributed by atoms with Crippen molar-refractivity contribution in [3.63, 3.8) is 0 Å². The van der Waals surface area contributed by atoms with Crippen LogP contribution >= 0.6 is 0 Å². The standard InChI is InChI=1S/C46H29N5/c1-6-19-40(33(14-1)30-12-11-13-31(26-30)49-41-20-7-2-15-34(41)35-16-3-8-21-42(35)49)51-44-23-10-5-18-37(44)39-27-32(28-48-46(39)51)50-43-22-9-4-17-36(43)38-24-25-47-29-45(38)50/h1-29H. The first kappa shape index (κ1) is 27.9. The molecule has 6 aromatic carbocycles. The predicted molar refractivity (Wildman–Crippen MR) is 210 cm³/mol. The molecule has 0 N–H and O–H groups in total. The molecule has 238 valence electrons. The number of hydrogen-bond acceptors (Lipinski definition) is 2. The first-order valence-corrected chi connectivity index (χ1v) is 17.2. The normalized spacial score (nSPS) is 11.9. The van der Waals surface area contributed by atoms with Gasteiger partial charge in [0.25, 0.3) is 0 Å². The van der Waals surface area contributed by atoms with E-state index in [9.17, 15) is 0 Å². The lowest BCUT2D eigenvalue weighted by atomic mass is 10.0. The molecule has 0 aliphatic rings. The Balaban J connectivity index is 1.13. The van der Waals surface area contributed by atoms with Crippen LogP contribution in [0.1, 0.15) is 0 Å². The molecule has 51 heavy (non-hydrogen) atoms. The average Bonchev–Trinajstić information content (AvgIpc) is 3.84. The van der Waals surface area contributed by atoms with E-state index in [1.807, 2.05) is 18.6 Å². The second kappa shape index (κ2) is 10.8. The van der Waals surface area contributed by atoms with Gasteiger partial charge in [-0.1, -0.05) is 103 Å². The van der Waals surface area contributed by atoms with Crippen molar-refractivity contribution in [1.82, 2.24) is 23.7 Å². The smallest absolute Gasteiger partial charge is 0.145 e. The van der Waals surface area contributed by atoms with Crippen LogP contribution in [0.5, 0.6) is 0 Å². The van der Waals surface area contributed by atoms with Gasteiger partial charge in [-0.25, -0.2) is 4.98 Å². The topological polar surface area (TPSA) is 40.6 Å². The minimum atomic E-state index is 0.921. The van der Waals surface area contributed by atoms with Crippen molar-refractivity contribution in [2.75, 3.05) is 0 Å². The molecule has 0 saturated carbocycles. The molecular weight excluding hydrogens is 623 g/mol. The van der Waals surface area contributed by atoms with Gasteiger partial charge in [0, 0.05) is 49.8 Å². The van der Waals surface area contributed by atoms with Crippen LogP contribution in [-0.2, 0) is 0 Å². The second-order valence-electron chi connectivity index (χ2n) is 13.1. The van der Waals surface area contributed by atoms with E-state index in [-0.39, 0.29) is 0 Å². The van der Waals surface area contributed by atoms with Crippen molar-refractivity contribution >= 4 is 65.5 Å². The van der Waals surface area contributed by atoms with Crippen LogP contribution in [0.25, 0.3) is 93.7 Å². The molecule has 0 radical (unpaired) electrons. The van der Waals surface area contributed by atoms with Crippen LogP contribution in [0, 0.1) is 0 Å². The maximum absolute atomic E-state index is 5.24. The molecule has 0 spiro atoms. The Labute approximate surface area is 292 Å². The first-order chi connectivity index (χ1) is 25.3. The number of rotatable bonds is 4. The summed E-state index contributed by atoms with van der Waals surface area (Å²) in [5.74, 6) is 0. The lowest BCUT2D eigenvalue weighted by molar-refractivity contribution is 1.11. The molecule has 0 atom stereocenters. The van der Waals surface area contributed by atoms with E-state index in [1.165, 1.54) is 32.6 Å². The molecule has 0 amide bonds. The Morgan fingerprint density at radius 3 is 1.61 bits per heavy atom. The summed E-state index contributed by atoms with van der Waals surface area (Å²) in [4.78, 5) is 9.74. The summed E-state index contributed by atoms with van der Waals surface area (Å²) in [6.45, 7) is 0. The zero-order valence-corrected chi connectivity index (χ0v) is 27.5. The SMILES string of the molecule is c1cc(-c2ccccc2-n2c3ccccc3c3cc(-n4c5ccccc5c5ccncc54)cnc32)cc(-n2c3ccccc3c3ccccc32)c1. The first-order valence-electron chi connectivity index (χ1n) is 17.2. The monoisotopic (exact) mass is 651 g/mol. The van der Waals surface area contributed by atoms with Crippen molar-refractivity contribution in [3.05, 3.63) is 176 Å². The maximum atomic E-state index is 5.24. The average molecular weight is 652 g/mol. The highest BCUT2D eigenvalue weighted by molar-refractivity contribution is 6.12. The van der Waals surface area contributed by atoms with Crippen LogP contribution < -0.4 is 0 Å². The molecule has 5 aromatic heterocycles. The number of fused-ring (bicyclic) bond motifs is 9. The van der Waals surface area contributed by atoms with Crippen LogP contribution in [0.4, 0.5) is 0 Å². The van der Waals surface area contributed by atoms with E-state index >= 15 is 0 Å². The van der Waals surface area contributed by atoms with E-state index in [4.69, 9.17) is 4.98 Å². The van der Waals surface area contributed by atoms with Gasteiger partial charge >= 0.3 is 0 Å². The fraction of sp³-hybridized carbons (Fsp3) is 0. The summed E-state index contributed by atoms with van der Waals surface area (Å²) in [5.41, 5.74) is 12.2. The van der Waals surface area contributed by atoms with E-state index in [1.54, 1.807) is 0 Å². The summed E-state index contributed by atoms with van der Waals surface area (Å²) in [7, 11) is 0. The van der Waals surface area contributed by atoms with Crippen molar-refractivity contribution in [2.24, 2.45) is 0 Å². The number of para-hydroxylation sites is 5. The summed E-state index contributed by atoms with van der Waals surface area (Å²) >= 11 is 0. The predicted octanol–water partition coefficient (Wildman–Crippen LogP) is 11.4. The van der Waals surface area contributed by atoms with Gasteiger partial charge in [-0.15, -0.1) is 0 Å². The highest BCUT2D eigenvalue weighted by Gasteiger charge is 2.20. The summed E-state index contributed by atoms with van der Waals surface area (Å²) in [5, 5.41) is 7.16. The zero-order valence-electron chi connectivity index (χ0n) is 27.5. The molecule has 0 aliphatic heterocycles. The Morgan fingerprint density at radius 2 is 0.922 bits per heavy atom. The molecule has 0 aliphatic carbocycles. The molecule has 0 saturated heterocycles. The van der Waals surface area contributed by atoms with Crippen molar-refractivity contribution < 1.29 is 0 Å². The summed E-state index contributed by atoms with van der Waals surface area (Å²) in [6.07, 6.45) is 5.82. The Bertz CT molecular complexity index is 3050. The molecule has 5 nitrogen and oxygen atoms in total. The lowest BCUT2D eigenvalue weighted by Crippen LogP contribution is -2.00. The van der Waals surface area contributed by atoms with Gasteiger partial charge in [-0.2, -0.15) is 0 Å². The number of pyridine rings is 2. The molecule has 0 unspecified atom stereocenters. The maximum Gasteiger partial charge on any atom is 0.145 e. The molecular formula is C46H29N5. The number of benzene rings is 6. The van der Waals surface area contributed by atoms with Crippen LogP contribution in [0.15, 0.2) is 176 Å². The summed E-state index contributed by atoms with van der Waals surface area (Å²) in [6, 6.07) is 56.5. The highest BCUT2D eigenvalue weighted by Crippen LogP contribution is 2.39. The van der Waals surface area contributed by atoms with Crippen molar-refractivity contribution in [1.29, 1.82) is 0 Å². The third-order valence-electron chi connectivity index (χ3n) is 10.4. The highest BCUT2D eigenvalue weighted by atomic mass is 15.1. The van der Waals surface area contributed by atoms with E-state index in [2.05, 4.69) is 176 Å². The van der Waals surface area contributed by atoms with Gasteiger partial charge in [-0.3, -0.25) is 9.55 Å². The molecule has 5 heterocycles. The Kier molecular flexibility index (Phi) is 5.89. The fourth-order valence-corrected chi connectivity index (χ4v) is 8.22. The third kappa shape index (κ3) is 4.03. The minimum absolute atomic E-state index is 0.921. The summed E-state index contributed by atoms with van der Waals surface area (Å²) < 4.78 is 6.99. The Morgan fingerprint density at radius 1 is 0.373 bits per heavy atom. The van der Waals surface area contributed by atoms with Crippen LogP contribution in [-0.4, -0.2) is 23.7 Å². The molecule has 0 fully saturated rings. The lowest BCUT2D eigenvalue weighted by Gasteiger charge is -2.15. The van der Waals surface area contributed by atoms with Gasteiger partial charge < -0.3 is 9.13 Å². The van der Waals surface area contributed by atoms with Crippen molar-refractivity contribution in [3.8, 4) is 28.2 Å². The van der Waals surface area contributed by atoms with Crippen LogP contribution in [0.2, 0.25) is 0 Å². The molecule has 0 bridgehead atoms. The number of aromatic nitrogens is 5. The fourth-order valence-electron chi connectivity index (χ4n) is 8.22. The van der Waals surface area contributed by atoms with E-state index < -0.39 is 0 Å². The van der Waals surface area contributed by atoms with Gasteiger partial charge in [-0.05, 0) is 60.2 Å². The van der Waals surface area contributed by atoms with E-state index in [0.29, 0.717) is 0 Å². The Hall–Kier alpha value is -6.98. The van der Waals surface area contributed by atoms with E-state index in [0.717, 1.165) is 61.2 Å². The molecule has 5 heteroatoms. The van der Waals surface area contributed by atoms with Gasteiger partial charge in [0.15, 0.2) is 0 Å². The van der Waals surface area contributed by atoms with Crippen LogP contribution in [0.3, 0.4) is 0 Å². The van der Waals surface area contributed by atoms with Crippen molar-refractivity contribution in [2.45, 2.75) is 0 Å². The quantitative estimate of drug-likeness (QED) is 0.190. The number of hydrogen-bond donors (Lipinski definition) is 0. The van der Waals surface area contributed by atoms with Gasteiger partial charge in [0.05, 0.1) is 51.4 Å². The molecule has 11 rings (SSSR count). The van der Waals surface area contributed by atoms with Gasteiger partial charge in [0.1, 0.15) is 5.65 Å². The number of nitrogens with zero attached hydrogens (tertiary/aromatic N) is 5. The largest absolute Gasteiger partial charge is 0.309 e. The third-order valence-corrected chi connectivity index (χ3v) is 10.4. The zero-order chi connectivity index (χ0) is 33.5. The molecule has 11 aromatic rings. The minimum Gasteiger partial charge on any atom is -0.309 e. The van der Waals surface area contributed by atoms with Gasteiger partial charge in [0.2, 0.25) is 0 Å².